The Morgan fingerprint density at radius 3 is 2.41 bits per heavy atom. The molecule has 0 unspecified atom stereocenters. The molecule has 0 fully saturated rings. The van der Waals surface area contributed by atoms with Crippen molar-refractivity contribution in [1.29, 1.82) is 0 Å². The van der Waals surface area contributed by atoms with E-state index in [4.69, 9.17) is 4.74 Å². The summed E-state index contributed by atoms with van der Waals surface area (Å²) in [5.74, 6) is -1.23. The Bertz CT molecular complexity index is 1010. The van der Waals surface area contributed by atoms with Crippen LogP contribution in [0.3, 0.4) is 0 Å². The Balaban J connectivity index is 2.05. The van der Waals surface area contributed by atoms with E-state index in [1.165, 1.54) is 30.6 Å². The largest absolute Gasteiger partial charge is 0.465 e. The van der Waals surface area contributed by atoms with Crippen molar-refractivity contribution < 1.29 is 18.7 Å². The maximum Gasteiger partial charge on any atom is 0.341 e. The van der Waals surface area contributed by atoms with Crippen LogP contribution in [0.1, 0.15) is 31.2 Å². The van der Waals surface area contributed by atoms with Gasteiger partial charge < -0.3 is 10.1 Å². The van der Waals surface area contributed by atoms with Crippen LogP contribution >= 0.6 is 11.3 Å². The molecule has 2 aromatic carbocycles. The Labute approximate surface area is 160 Å². The number of esters is 1. The molecule has 4 nitrogen and oxygen atoms in total. The fourth-order valence-electron chi connectivity index (χ4n) is 2.86. The Hall–Kier alpha value is -2.99. The summed E-state index contributed by atoms with van der Waals surface area (Å²) < 4.78 is 18.2. The van der Waals surface area contributed by atoms with Gasteiger partial charge in [-0.25, -0.2) is 9.18 Å². The number of carbonyl (C=O) groups excluding carboxylic acids is 2. The average Bonchev–Trinajstić information content (AvgIpc) is 2.97. The zero-order valence-corrected chi connectivity index (χ0v) is 15.9. The fraction of sp³-hybridized carbons (Fsp3) is 0.143. The Morgan fingerprint density at radius 2 is 1.78 bits per heavy atom. The molecule has 3 aromatic rings. The molecule has 1 aromatic heterocycles. The second kappa shape index (κ2) is 7.72. The van der Waals surface area contributed by atoms with E-state index in [1.807, 2.05) is 19.9 Å². The quantitative estimate of drug-likeness (QED) is 0.629. The first-order valence-corrected chi connectivity index (χ1v) is 9.08. The first kappa shape index (κ1) is 18.8. The maximum absolute atomic E-state index is 13.3. The molecule has 1 amide bonds. The van der Waals surface area contributed by atoms with Gasteiger partial charge in [0.1, 0.15) is 16.4 Å². The zero-order valence-electron chi connectivity index (χ0n) is 15.1. The number of rotatable bonds is 4. The van der Waals surface area contributed by atoms with Crippen molar-refractivity contribution in [2.75, 3.05) is 12.4 Å². The number of benzene rings is 2. The molecule has 0 saturated heterocycles. The second-order valence-corrected chi connectivity index (χ2v) is 7.28. The Kier molecular flexibility index (Phi) is 5.37. The fourth-order valence-corrected chi connectivity index (χ4v) is 3.91. The first-order valence-electron chi connectivity index (χ1n) is 8.26. The Morgan fingerprint density at radius 1 is 1.07 bits per heavy atom. The normalized spacial score (nSPS) is 10.5. The van der Waals surface area contributed by atoms with Crippen LogP contribution in [0.4, 0.5) is 9.39 Å². The van der Waals surface area contributed by atoms with Crippen LogP contribution in [0.15, 0.2) is 48.5 Å². The number of ether oxygens (including phenoxy) is 1. The van der Waals surface area contributed by atoms with Crippen molar-refractivity contribution in [2.24, 2.45) is 0 Å². The summed E-state index contributed by atoms with van der Waals surface area (Å²) in [5.41, 5.74) is 3.05. The van der Waals surface area contributed by atoms with Crippen LogP contribution in [0.2, 0.25) is 0 Å². The highest BCUT2D eigenvalue weighted by atomic mass is 32.1. The van der Waals surface area contributed by atoms with Gasteiger partial charge in [-0.15, -0.1) is 11.3 Å². The summed E-state index contributed by atoms with van der Waals surface area (Å²) in [5, 5.41) is 3.22. The highest BCUT2D eigenvalue weighted by Gasteiger charge is 2.25. The number of nitrogens with one attached hydrogen (secondary N) is 1. The van der Waals surface area contributed by atoms with E-state index in [0.29, 0.717) is 21.7 Å². The minimum atomic E-state index is -0.557. The molecule has 27 heavy (non-hydrogen) atoms. The minimum Gasteiger partial charge on any atom is -0.465 e. The molecule has 0 bridgehead atoms. The minimum absolute atomic E-state index is 0.271. The molecule has 0 aliphatic heterocycles. The number of amides is 1. The first-order chi connectivity index (χ1) is 12.9. The van der Waals surface area contributed by atoms with Crippen molar-refractivity contribution in [3.05, 3.63) is 75.9 Å². The molecule has 0 aliphatic carbocycles. The smallest absolute Gasteiger partial charge is 0.341 e. The number of hydrogen-bond acceptors (Lipinski definition) is 4. The number of hydrogen-bond donors (Lipinski definition) is 1. The molecule has 0 spiro atoms. The van der Waals surface area contributed by atoms with Crippen LogP contribution in [-0.4, -0.2) is 19.0 Å². The topological polar surface area (TPSA) is 55.4 Å². The second-order valence-electron chi connectivity index (χ2n) is 6.06. The molecular weight excluding hydrogens is 365 g/mol. The standard InChI is InChI=1S/C21H18FNO3S/c1-12-5-4-6-15(11-12)19(24)23-20-18(21(25)26-3)17(13(2)27-20)14-7-9-16(22)10-8-14/h4-11H,1-3H3,(H,23,24). The lowest BCUT2D eigenvalue weighted by Gasteiger charge is -2.08. The molecule has 6 heteroatoms. The number of anilines is 1. The number of carbonyl (C=O) groups is 2. The molecule has 1 heterocycles. The molecule has 138 valence electrons. The highest BCUT2D eigenvalue weighted by molar-refractivity contribution is 7.17. The van der Waals surface area contributed by atoms with Crippen LogP contribution in [0.25, 0.3) is 11.1 Å². The van der Waals surface area contributed by atoms with E-state index in [9.17, 15) is 14.0 Å². The van der Waals surface area contributed by atoms with E-state index in [0.717, 1.165) is 10.4 Å². The molecule has 0 radical (unpaired) electrons. The molecular formula is C21H18FNO3S. The predicted octanol–water partition coefficient (Wildman–Crippen LogP) is 5.21. The van der Waals surface area contributed by atoms with E-state index in [-0.39, 0.29) is 17.3 Å². The van der Waals surface area contributed by atoms with Crippen molar-refractivity contribution in [2.45, 2.75) is 13.8 Å². The molecule has 0 saturated carbocycles. The van der Waals surface area contributed by atoms with Gasteiger partial charge in [0.25, 0.3) is 5.91 Å². The van der Waals surface area contributed by atoms with Gasteiger partial charge in [0.05, 0.1) is 7.11 Å². The number of halogens is 1. The van der Waals surface area contributed by atoms with Gasteiger partial charge in [0.15, 0.2) is 0 Å². The van der Waals surface area contributed by atoms with Crippen molar-refractivity contribution in [3.8, 4) is 11.1 Å². The van der Waals surface area contributed by atoms with E-state index in [2.05, 4.69) is 5.32 Å². The third-order valence-electron chi connectivity index (χ3n) is 4.11. The van der Waals surface area contributed by atoms with E-state index in [1.54, 1.807) is 30.3 Å². The van der Waals surface area contributed by atoms with Gasteiger partial charge in [-0.3, -0.25) is 4.79 Å². The summed E-state index contributed by atoms with van der Waals surface area (Å²) in [4.78, 5) is 25.9. The lowest BCUT2D eigenvalue weighted by Crippen LogP contribution is -2.14. The lowest BCUT2D eigenvalue weighted by atomic mass is 10.0. The summed E-state index contributed by atoms with van der Waals surface area (Å²) in [6.45, 7) is 3.75. The molecule has 0 atom stereocenters. The summed E-state index contributed by atoms with van der Waals surface area (Å²) in [7, 11) is 1.29. The number of thiophene rings is 1. The monoisotopic (exact) mass is 383 g/mol. The van der Waals surface area contributed by atoms with Crippen molar-refractivity contribution in [3.63, 3.8) is 0 Å². The van der Waals surface area contributed by atoms with E-state index < -0.39 is 5.97 Å². The predicted molar refractivity (Wildman–Crippen MR) is 105 cm³/mol. The summed E-state index contributed by atoms with van der Waals surface area (Å²) >= 11 is 1.28. The zero-order chi connectivity index (χ0) is 19.6. The van der Waals surface area contributed by atoms with Gasteiger partial charge in [-0.05, 0) is 43.7 Å². The van der Waals surface area contributed by atoms with Gasteiger partial charge >= 0.3 is 5.97 Å². The third kappa shape index (κ3) is 3.90. The van der Waals surface area contributed by atoms with E-state index >= 15 is 0 Å². The maximum atomic E-state index is 13.3. The summed E-state index contributed by atoms with van der Waals surface area (Å²) in [6.07, 6.45) is 0. The number of methoxy groups -OCH3 is 1. The molecule has 3 rings (SSSR count). The van der Waals surface area contributed by atoms with Crippen LogP contribution in [0, 0.1) is 19.7 Å². The third-order valence-corrected chi connectivity index (χ3v) is 5.13. The van der Waals surface area contributed by atoms with Crippen molar-refractivity contribution >= 4 is 28.2 Å². The van der Waals surface area contributed by atoms with Gasteiger partial charge in [0, 0.05) is 16.0 Å². The average molecular weight is 383 g/mol. The summed E-state index contributed by atoms with van der Waals surface area (Å²) in [6, 6.07) is 13.0. The van der Waals surface area contributed by atoms with Gasteiger partial charge in [-0.2, -0.15) is 0 Å². The SMILES string of the molecule is COC(=O)c1c(NC(=O)c2cccc(C)c2)sc(C)c1-c1ccc(F)cc1. The van der Waals surface area contributed by atoms with Crippen LogP contribution in [0.5, 0.6) is 0 Å². The van der Waals surface area contributed by atoms with Gasteiger partial charge in [-0.1, -0.05) is 29.8 Å². The van der Waals surface area contributed by atoms with Crippen LogP contribution in [-0.2, 0) is 4.74 Å². The molecule has 0 aliphatic rings. The number of aryl methyl sites for hydroxylation is 2. The highest BCUT2D eigenvalue weighted by Crippen LogP contribution is 2.40. The molecule has 1 N–H and O–H groups in total. The van der Waals surface area contributed by atoms with Crippen molar-refractivity contribution in [1.82, 2.24) is 0 Å². The van der Waals surface area contributed by atoms with Gasteiger partial charge in [0.2, 0.25) is 0 Å². The lowest BCUT2D eigenvalue weighted by molar-refractivity contribution is 0.0603. The van der Waals surface area contributed by atoms with Crippen LogP contribution < -0.4 is 5.32 Å².